The van der Waals surface area contributed by atoms with Gasteiger partial charge >= 0.3 is 6.03 Å². The lowest BCUT2D eigenvalue weighted by molar-refractivity contribution is -0.126. The summed E-state index contributed by atoms with van der Waals surface area (Å²) in [5, 5.41) is 2.52. The summed E-state index contributed by atoms with van der Waals surface area (Å²) in [6, 6.07) is 5.20. The molecule has 1 aromatic carbocycles. The number of urea groups is 1. The van der Waals surface area contributed by atoms with Crippen molar-refractivity contribution in [3.8, 4) is 0 Å². The van der Waals surface area contributed by atoms with Crippen molar-refractivity contribution in [1.82, 2.24) is 15.1 Å². The molecule has 4 amide bonds. The topological polar surface area (TPSA) is 69.7 Å². The van der Waals surface area contributed by atoms with Gasteiger partial charge in [-0.15, -0.1) is 0 Å². The zero-order valence-electron chi connectivity index (χ0n) is 12.8. The Morgan fingerprint density at radius 3 is 2.45 bits per heavy atom. The molecule has 6 nitrogen and oxygen atoms in total. The molecule has 2 fully saturated rings. The molecular formula is C16H19N3O3. The molecule has 2 heterocycles. The quantitative estimate of drug-likeness (QED) is 0.831. The Hall–Kier alpha value is -2.37. The molecule has 0 bridgehead atoms. The van der Waals surface area contributed by atoms with E-state index in [0.717, 1.165) is 11.1 Å². The molecule has 1 N–H and O–H groups in total. The van der Waals surface area contributed by atoms with Crippen LogP contribution < -0.4 is 5.32 Å². The van der Waals surface area contributed by atoms with Crippen molar-refractivity contribution in [3.63, 3.8) is 0 Å². The van der Waals surface area contributed by atoms with Crippen LogP contribution in [0.15, 0.2) is 18.2 Å². The van der Waals surface area contributed by atoms with Crippen LogP contribution in [0.5, 0.6) is 0 Å². The first-order valence-corrected chi connectivity index (χ1v) is 7.43. The third-order valence-electron chi connectivity index (χ3n) is 4.16. The first-order valence-electron chi connectivity index (χ1n) is 7.43. The first kappa shape index (κ1) is 14.6. The zero-order chi connectivity index (χ0) is 15.9. The van der Waals surface area contributed by atoms with Crippen molar-refractivity contribution in [2.24, 2.45) is 0 Å². The monoisotopic (exact) mass is 301 g/mol. The number of nitrogens with one attached hydrogen (secondary N) is 1. The van der Waals surface area contributed by atoms with Crippen molar-refractivity contribution >= 4 is 17.8 Å². The Morgan fingerprint density at radius 2 is 1.86 bits per heavy atom. The molecule has 0 spiro atoms. The molecule has 1 unspecified atom stereocenters. The van der Waals surface area contributed by atoms with Gasteiger partial charge in [-0.3, -0.25) is 14.5 Å². The molecule has 0 saturated carbocycles. The van der Waals surface area contributed by atoms with Gasteiger partial charge in [-0.25, -0.2) is 4.79 Å². The number of carbonyl (C=O) groups excluding carboxylic acids is 3. The maximum Gasteiger partial charge on any atom is 0.324 e. The van der Waals surface area contributed by atoms with Crippen LogP contribution in [0.1, 0.15) is 27.9 Å². The fourth-order valence-electron chi connectivity index (χ4n) is 3.22. The van der Waals surface area contributed by atoms with E-state index < -0.39 is 0 Å². The van der Waals surface area contributed by atoms with Crippen molar-refractivity contribution in [3.05, 3.63) is 34.9 Å². The van der Waals surface area contributed by atoms with Gasteiger partial charge in [-0.2, -0.15) is 0 Å². The first-order chi connectivity index (χ1) is 10.5. The summed E-state index contributed by atoms with van der Waals surface area (Å²) in [6.07, 6.45) is 0.635. The minimum atomic E-state index is -0.351. The molecule has 0 aliphatic carbocycles. The van der Waals surface area contributed by atoms with Gasteiger partial charge in [-0.1, -0.05) is 17.2 Å². The van der Waals surface area contributed by atoms with Crippen LogP contribution in [0.25, 0.3) is 0 Å². The van der Waals surface area contributed by atoms with Crippen LogP contribution in [0.2, 0.25) is 0 Å². The SMILES string of the molecule is Cc1cc(C)cc(C(=O)N2CCC(N3C(=O)CNC3=O)C2)c1. The van der Waals surface area contributed by atoms with E-state index in [1.807, 2.05) is 32.0 Å². The van der Waals surface area contributed by atoms with Crippen molar-refractivity contribution in [1.29, 1.82) is 0 Å². The Bertz CT molecular complexity index is 620. The Morgan fingerprint density at radius 1 is 1.18 bits per heavy atom. The summed E-state index contributed by atoms with van der Waals surface area (Å²) in [5.41, 5.74) is 2.76. The van der Waals surface area contributed by atoms with Gasteiger partial charge in [-0.05, 0) is 32.4 Å². The molecule has 2 aliphatic rings. The maximum absolute atomic E-state index is 12.6. The van der Waals surface area contributed by atoms with E-state index in [4.69, 9.17) is 0 Å². The van der Waals surface area contributed by atoms with Crippen LogP contribution in [-0.2, 0) is 4.79 Å². The fraction of sp³-hybridized carbons (Fsp3) is 0.438. The van der Waals surface area contributed by atoms with E-state index in [1.165, 1.54) is 4.90 Å². The predicted octanol–water partition coefficient (Wildman–Crippen LogP) is 1.07. The summed E-state index contributed by atoms with van der Waals surface area (Å²) in [7, 11) is 0. The number of hydrogen-bond acceptors (Lipinski definition) is 3. The van der Waals surface area contributed by atoms with Gasteiger partial charge in [0.1, 0.15) is 0 Å². The number of amides is 4. The average Bonchev–Trinajstić information content (AvgIpc) is 3.04. The highest BCUT2D eigenvalue weighted by Crippen LogP contribution is 2.21. The lowest BCUT2D eigenvalue weighted by atomic mass is 10.1. The molecule has 0 radical (unpaired) electrons. The van der Waals surface area contributed by atoms with E-state index in [9.17, 15) is 14.4 Å². The normalized spacial score (nSPS) is 21.5. The zero-order valence-corrected chi connectivity index (χ0v) is 12.8. The maximum atomic E-state index is 12.6. The number of imide groups is 1. The van der Waals surface area contributed by atoms with Crippen LogP contribution in [-0.4, -0.2) is 53.3 Å². The molecule has 3 rings (SSSR count). The van der Waals surface area contributed by atoms with Crippen LogP contribution in [0, 0.1) is 13.8 Å². The second-order valence-corrected chi connectivity index (χ2v) is 5.99. The number of nitrogens with zero attached hydrogens (tertiary/aromatic N) is 2. The summed E-state index contributed by atoms with van der Waals surface area (Å²) in [5.74, 6) is -0.253. The van der Waals surface area contributed by atoms with Crippen molar-refractivity contribution in [2.75, 3.05) is 19.6 Å². The molecule has 1 atom stereocenters. The Labute approximate surface area is 129 Å². The molecule has 116 valence electrons. The molecule has 1 aromatic rings. The van der Waals surface area contributed by atoms with Gasteiger partial charge in [0.25, 0.3) is 5.91 Å². The number of carbonyl (C=O) groups is 3. The second-order valence-electron chi connectivity index (χ2n) is 5.99. The van der Waals surface area contributed by atoms with E-state index in [1.54, 1.807) is 4.90 Å². The Balaban J connectivity index is 1.73. The largest absolute Gasteiger partial charge is 0.336 e. The third-order valence-corrected chi connectivity index (χ3v) is 4.16. The summed E-state index contributed by atoms with van der Waals surface area (Å²) in [6.45, 7) is 4.95. The Kier molecular flexibility index (Phi) is 3.60. The van der Waals surface area contributed by atoms with Crippen LogP contribution in [0.4, 0.5) is 4.79 Å². The van der Waals surface area contributed by atoms with Gasteiger partial charge in [0.2, 0.25) is 5.91 Å². The van der Waals surface area contributed by atoms with E-state index >= 15 is 0 Å². The highest BCUT2D eigenvalue weighted by molar-refractivity contribution is 6.02. The van der Waals surface area contributed by atoms with Crippen molar-refractivity contribution in [2.45, 2.75) is 26.3 Å². The van der Waals surface area contributed by atoms with Gasteiger partial charge in [0.05, 0.1) is 12.6 Å². The minimum Gasteiger partial charge on any atom is -0.336 e. The molecule has 6 heteroatoms. The number of likely N-dealkylation sites (tertiary alicyclic amines) is 1. The number of hydrogen-bond donors (Lipinski definition) is 1. The number of aryl methyl sites for hydroxylation is 2. The lowest BCUT2D eigenvalue weighted by Crippen LogP contribution is -2.42. The molecular weight excluding hydrogens is 282 g/mol. The van der Waals surface area contributed by atoms with Gasteiger partial charge < -0.3 is 10.2 Å². The molecule has 22 heavy (non-hydrogen) atoms. The second kappa shape index (κ2) is 5.44. The minimum absolute atomic E-state index is 0.0404. The number of benzene rings is 1. The third kappa shape index (κ3) is 2.56. The average molecular weight is 301 g/mol. The van der Waals surface area contributed by atoms with E-state index in [2.05, 4.69) is 5.32 Å². The standard InChI is InChI=1S/C16H19N3O3/c1-10-5-11(2)7-12(6-10)15(21)18-4-3-13(9-18)19-14(20)8-17-16(19)22/h5-7,13H,3-4,8-9H2,1-2H3,(H,17,22). The predicted molar refractivity (Wildman–Crippen MR) is 80.5 cm³/mol. The highest BCUT2D eigenvalue weighted by atomic mass is 16.2. The highest BCUT2D eigenvalue weighted by Gasteiger charge is 2.39. The van der Waals surface area contributed by atoms with E-state index in [-0.39, 0.29) is 30.4 Å². The summed E-state index contributed by atoms with van der Waals surface area (Å²) >= 11 is 0. The van der Waals surface area contributed by atoms with Gasteiger partial charge in [0, 0.05) is 18.7 Å². The van der Waals surface area contributed by atoms with Crippen molar-refractivity contribution < 1.29 is 14.4 Å². The molecule has 2 saturated heterocycles. The molecule has 0 aromatic heterocycles. The fourth-order valence-corrected chi connectivity index (χ4v) is 3.22. The van der Waals surface area contributed by atoms with E-state index in [0.29, 0.717) is 25.1 Å². The van der Waals surface area contributed by atoms with Gasteiger partial charge in [0.15, 0.2) is 0 Å². The summed E-state index contributed by atoms with van der Waals surface area (Å²) < 4.78 is 0. The lowest BCUT2D eigenvalue weighted by Gasteiger charge is -2.21. The van der Waals surface area contributed by atoms with Crippen LogP contribution in [0.3, 0.4) is 0 Å². The smallest absolute Gasteiger partial charge is 0.324 e. The molecule has 2 aliphatic heterocycles. The van der Waals surface area contributed by atoms with Crippen LogP contribution >= 0.6 is 0 Å². The number of rotatable bonds is 2. The summed E-state index contributed by atoms with van der Waals surface area (Å²) in [4.78, 5) is 39.0.